The molecule has 0 aliphatic heterocycles. The first-order chi connectivity index (χ1) is 29.2. The highest BCUT2D eigenvalue weighted by molar-refractivity contribution is 6.10. The minimum atomic E-state index is 1.08. The van der Waals surface area contributed by atoms with Crippen molar-refractivity contribution in [1.29, 1.82) is 0 Å². The number of anilines is 5. The number of aromatic nitrogens is 2. The molecule has 0 N–H and O–H groups in total. The van der Waals surface area contributed by atoms with E-state index in [0.717, 1.165) is 39.8 Å². The van der Waals surface area contributed by atoms with E-state index in [-0.39, 0.29) is 0 Å². The maximum absolute atomic E-state index is 2.37. The first kappa shape index (κ1) is 34.4. The minimum Gasteiger partial charge on any atom is -0.344 e. The molecule has 0 amide bonds. The van der Waals surface area contributed by atoms with Gasteiger partial charge < -0.3 is 18.9 Å². The topological polar surface area (TPSA) is 16.3 Å². The van der Waals surface area contributed by atoms with Crippen LogP contribution < -0.4 is 9.80 Å². The van der Waals surface area contributed by atoms with Crippen molar-refractivity contribution in [3.63, 3.8) is 0 Å². The fourth-order valence-electron chi connectivity index (χ4n) is 8.94. The van der Waals surface area contributed by atoms with Gasteiger partial charge in [-0.1, -0.05) is 121 Å². The highest BCUT2D eigenvalue weighted by Gasteiger charge is 2.18. The second-order valence-electron chi connectivity index (χ2n) is 15.1. The zero-order valence-corrected chi connectivity index (χ0v) is 32.7. The second kappa shape index (κ2) is 14.3. The fourth-order valence-corrected chi connectivity index (χ4v) is 8.94. The molecule has 59 heavy (non-hydrogen) atoms. The van der Waals surface area contributed by atoms with E-state index in [2.05, 4.69) is 250 Å². The maximum Gasteiger partial charge on any atom is 0.0541 e. The van der Waals surface area contributed by atoms with Crippen molar-refractivity contribution in [3.8, 4) is 22.5 Å². The van der Waals surface area contributed by atoms with Gasteiger partial charge in [0.1, 0.15) is 0 Å². The van der Waals surface area contributed by atoms with E-state index in [0.29, 0.717) is 0 Å². The summed E-state index contributed by atoms with van der Waals surface area (Å²) in [7, 11) is 2.15. The van der Waals surface area contributed by atoms with Gasteiger partial charge in [0.2, 0.25) is 0 Å². The van der Waals surface area contributed by atoms with Gasteiger partial charge in [0.25, 0.3) is 0 Å². The number of nitrogens with zero attached hydrogens (tertiary/aromatic N) is 4. The lowest BCUT2D eigenvalue weighted by Gasteiger charge is -2.28. The molecule has 0 spiro atoms. The van der Waals surface area contributed by atoms with Gasteiger partial charge in [-0.3, -0.25) is 0 Å². The quantitative estimate of drug-likeness (QED) is 0.153. The van der Waals surface area contributed by atoms with Crippen molar-refractivity contribution in [2.45, 2.75) is 0 Å². The SMILES string of the molecule is CN(c1ccc(N(c2ccc(-n3c4ccccc4c4ccccc43)cc2)c2ccc(-n3c4ccccc4c4ccccc43)cc2)cc1)c1ccccc1-c1ccccc1. The first-order valence-corrected chi connectivity index (χ1v) is 20.2. The Labute approximate surface area is 343 Å². The fraction of sp³-hybridized carbons (Fsp3) is 0.0182. The van der Waals surface area contributed by atoms with Crippen molar-refractivity contribution in [1.82, 2.24) is 9.13 Å². The third-order valence-corrected chi connectivity index (χ3v) is 11.7. The highest BCUT2D eigenvalue weighted by atomic mass is 15.1. The summed E-state index contributed by atoms with van der Waals surface area (Å²) in [5, 5.41) is 5.03. The molecule has 4 heteroatoms. The van der Waals surface area contributed by atoms with Crippen LogP contribution in [-0.2, 0) is 0 Å². The molecule has 0 saturated heterocycles. The zero-order valence-electron chi connectivity index (χ0n) is 32.7. The summed E-state index contributed by atoms with van der Waals surface area (Å²) in [4.78, 5) is 4.63. The lowest BCUT2D eigenvalue weighted by Crippen LogP contribution is -2.12. The van der Waals surface area contributed by atoms with E-state index in [4.69, 9.17) is 0 Å². The largest absolute Gasteiger partial charge is 0.344 e. The maximum atomic E-state index is 2.37. The molecule has 0 bridgehead atoms. The van der Waals surface area contributed by atoms with E-state index < -0.39 is 0 Å². The Hall–Kier alpha value is -7.82. The van der Waals surface area contributed by atoms with Crippen LogP contribution >= 0.6 is 0 Å². The van der Waals surface area contributed by atoms with Crippen molar-refractivity contribution >= 4 is 72.0 Å². The lowest BCUT2D eigenvalue weighted by atomic mass is 10.0. The summed E-state index contributed by atoms with van der Waals surface area (Å²) in [6.45, 7) is 0. The lowest BCUT2D eigenvalue weighted by molar-refractivity contribution is 1.16. The van der Waals surface area contributed by atoms with Crippen LogP contribution in [0.3, 0.4) is 0 Å². The summed E-state index contributed by atoms with van der Waals surface area (Å²) in [5.74, 6) is 0. The second-order valence-corrected chi connectivity index (χ2v) is 15.1. The number of fused-ring (bicyclic) bond motifs is 6. The molecule has 0 aliphatic rings. The van der Waals surface area contributed by atoms with Gasteiger partial charge >= 0.3 is 0 Å². The van der Waals surface area contributed by atoms with Crippen LogP contribution in [0.2, 0.25) is 0 Å². The average Bonchev–Trinajstić information content (AvgIpc) is 3.83. The van der Waals surface area contributed by atoms with Gasteiger partial charge in [0.05, 0.1) is 22.1 Å². The van der Waals surface area contributed by atoms with E-state index >= 15 is 0 Å². The summed E-state index contributed by atoms with van der Waals surface area (Å²) in [6.07, 6.45) is 0. The molecule has 2 heterocycles. The number of rotatable bonds is 8. The standard InChI is InChI=1S/C55H40N4/c1-56(51-22-10-5-17-46(51)39-15-3-2-4-16-39)40-27-29-41(30-28-40)57(42-31-35-44(36-32-42)58-52-23-11-6-18-47(52)48-19-7-12-24-53(48)58)43-33-37-45(38-34-43)59-54-25-13-8-20-49(54)50-21-9-14-26-55(50)59/h2-38H,1H3. The van der Waals surface area contributed by atoms with Crippen molar-refractivity contribution < 1.29 is 0 Å². The van der Waals surface area contributed by atoms with Crippen molar-refractivity contribution in [2.24, 2.45) is 0 Å². The van der Waals surface area contributed by atoms with E-state index in [1.54, 1.807) is 0 Å². The molecule has 0 radical (unpaired) electrons. The van der Waals surface area contributed by atoms with Gasteiger partial charge in [-0.2, -0.15) is 0 Å². The first-order valence-electron chi connectivity index (χ1n) is 20.2. The Morgan fingerprint density at radius 3 is 1.08 bits per heavy atom. The number of hydrogen-bond donors (Lipinski definition) is 0. The van der Waals surface area contributed by atoms with Gasteiger partial charge in [-0.05, 0) is 109 Å². The molecular weight excluding hydrogens is 717 g/mol. The monoisotopic (exact) mass is 756 g/mol. The van der Waals surface area contributed by atoms with Crippen LogP contribution in [0.25, 0.3) is 66.1 Å². The predicted octanol–water partition coefficient (Wildman–Crippen LogP) is 14.8. The molecule has 11 aromatic rings. The van der Waals surface area contributed by atoms with Crippen LogP contribution in [0.15, 0.2) is 224 Å². The van der Waals surface area contributed by atoms with Crippen LogP contribution in [-0.4, -0.2) is 16.2 Å². The number of benzene rings is 9. The molecule has 0 saturated carbocycles. The molecule has 4 nitrogen and oxygen atoms in total. The Morgan fingerprint density at radius 2 is 0.644 bits per heavy atom. The molecular formula is C55H40N4. The van der Waals surface area contributed by atoms with Crippen LogP contribution in [0.5, 0.6) is 0 Å². The Balaban J connectivity index is 1.01. The molecule has 9 aromatic carbocycles. The van der Waals surface area contributed by atoms with Crippen LogP contribution in [0.4, 0.5) is 28.4 Å². The van der Waals surface area contributed by atoms with Crippen molar-refractivity contribution in [3.05, 3.63) is 224 Å². The number of hydrogen-bond acceptors (Lipinski definition) is 2. The summed E-state index contributed by atoms with van der Waals surface area (Å²) >= 11 is 0. The predicted molar refractivity (Wildman–Crippen MR) is 250 cm³/mol. The normalized spacial score (nSPS) is 11.5. The Morgan fingerprint density at radius 1 is 0.305 bits per heavy atom. The third kappa shape index (κ3) is 5.84. The van der Waals surface area contributed by atoms with Crippen molar-refractivity contribution in [2.75, 3.05) is 16.8 Å². The average molecular weight is 757 g/mol. The minimum absolute atomic E-state index is 1.08. The molecule has 0 atom stereocenters. The molecule has 0 fully saturated rings. The van der Waals surface area contributed by atoms with E-state index in [9.17, 15) is 0 Å². The molecule has 0 aliphatic carbocycles. The summed E-state index contributed by atoms with van der Waals surface area (Å²) < 4.78 is 4.74. The highest BCUT2D eigenvalue weighted by Crippen LogP contribution is 2.40. The van der Waals surface area contributed by atoms with Gasteiger partial charge in [0, 0.05) is 74.0 Å². The summed E-state index contributed by atoms with van der Waals surface area (Å²) in [5.41, 5.74) is 15.0. The Kier molecular flexibility index (Phi) is 8.34. The molecule has 2 aromatic heterocycles. The van der Waals surface area contributed by atoms with E-state index in [1.165, 1.54) is 54.7 Å². The summed E-state index contributed by atoms with van der Waals surface area (Å²) in [6, 6.07) is 80.8. The molecule has 0 unspecified atom stereocenters. The number of para-hydroxylation sites is 5. The van der Waals surface area contributed by atoms with Crippen LogP contribution in [0, 0.1) is 0 Å². The zero-order chi connectivity index (χ0) is 39.3. The van der Waals surface area contributed by atoms with E-state index in [1.807, 2.05) is 0 Å². The third-order valence-electron chi connectivity index (χ3n) is 11.7. The van der Waals surface area contributed by atoms with Gasteiger partial charge in [-0.15, -0.1) is 0 Å². The van der Waals surface area contributed by atoms with Crippen LogP contribution in [0.1, 0.15) is 0 Å². The Bertz CT molecular complexity index is 3000. The van der Waals surface area contributed by atoms with Gasteiger partial charge in [0.15, 0.2) is 0 Å². The smallest absolute Gasteiger partial charge is 0.0541 e. The molecule has 280 valence electrons. The molecule has 11 rings (SSSR count). The van der Waals surface area contributed by atoms with Gasteiger partial charge in [-0.25, -0.2) is 0 Å².